The number of hydrogen-bond donors (Lipinski definition) is 0. The first-order chi connectivity index (χ1) is 14.9. The maximum Gasteiger partial charge on any atom is 0.269 e. The van der Waals surface area contributed by atoms with E-state index in [1.165, 1.54) is 16.7 Å². The lowest BCUT2D eigenvalue weighted by Gasteiger charge is -2.36. The van der Waals surface area contributed by atoms with Crippen LogP contribution in [-0.4, -0.2) is 51.5 Å². The number of non-ortho nitro benzene ring substituents is 1. The van der Waals surface area contributed by atoms with Crippen molar-refractivity contribution in [3.63, 3.8) is 0 Å². The number of anilines is 1. The van der Waals surface area contributed by atoms with E-state index < -0.39 is 4.92 Å². The molecule has 31 heavy (non-hydrogen) atoms. The number of nitrogens with zero attached hydrogens (tertiary/aromatic N) is 5. The third-order valence-corrected chi connectivity index (χ3v) is 5.70. The lowest BCUT2D eigenvalue weighted by Crippen LogP contribution is -2.48. The number of carbonyl (C=O) groups excluding carboxylic acids is 1. The lowest BCUT2D eigenvalue weighted by molar-refractivity contribution is -0.384. The number of amides is 1. The van der Waals surface area contributed by atoms with Gasteiger partial charge in [-0.15, -0.1) is 0 Å². The number of benzene rings is 2. The van der Waals surface area contributed by atoms with Gasteiger partial charge in [-0.25, -0.2) is 4.98 Å². The van der Waals surface area contributed by atoms with Crippen LogP contribution in [0, 0.1) is 10.1 Å². The van der Waals surface area contributed by atoms with Crippen LogP contribution < -0.4 is 10.5 Å². The third-order valence-electron chi connectivity index (χ3n) is 5.70. The second-order valence-electron chi connectivity index (χ2n) is 7.55. The molecule has 0 spiro atoms. The lowest BCUT2D eigenvalue weighted by atomic mass is 10.2. The maximum atomic E-state index is 12.7. The molecule has 0 N–H and O–H groups in total. The first-order valence-electron chi connectivity index (χ1n) is 10.2. The molecule has 9 nitrogen and oxygen atoms in total. The number of piperazine rings is 1. The Morgan fingerprint density at radius 3 is 2.42 bits per heavy atom. The average molecular weight is 421 g/mol. The molecular weight excluding hydrogens is 398 g/mol. The Kier molecular flexibility index (Phi) is 5.66. The average Bonchev–Trinajstić information content (AvgIpc) is 2.80. The van der Waals surface area contributed by atoms with Crippen molar-refractivity contribution in [3.8, 4) is 0 Å². The predicted octanol–water partition coefficient (Wildman–Crippen LogP) is 2.12. The number of rotatable bonds is 5. The molecule has 2 aromatic carbocycles. The van der Waals surface area contributed by atoms with Gasteiger partial charge >= 0.3 is 0 Å². The molecule has 0 radical (unpaired) electrons. The summed E-state index contributed by atoms with van der Waals surface area (Å²) in [5.74, 6) is 0.632. The summed E-state index contributed by atoms with van der Waals surface area (Å²) >= 11 is 0. The van der Waals surface area contributed by atoms with E-state index >= 15 is 0 Å². The van der Waals surface area contributed by atoms with Crippen molar-refractivity contribution in [1.29, 1.82) is 0 Å². The zero-order valence-corrected chi connectivity index (χ0v) is 17.2. The van der Waals surface area contributed by atoms with Crippen LogP contribution in [-0.2, 0) is 18.3 Å². The Hall–Kier alpha value is -3.75. The maximum absolute atomic E-state index is 12.7. The Morgan fingerprint density at radius 2 is 1.74 bits per heavy atom. The number of nitro benzene ring substituents is 1. The number of fused-ring (bicyclic) bond motifs is 1. The van der Waals surface area contributed by atoms with E-state index in [1.807, 2.05) is 17.0 Å². The number of aryl methyl sites for hydroxylation is 1. The fourth-order valence-electron chi connectivity index (χ4n) is 3.86. The summed E-state index contributed by atoms with van der Waals surface area (Å²) in [6.07, 6.45) is 0.689. The van der Waals surface area contributed by atoms with Crippen molar-refractivity contribution >= 4 is 28.2 Å². The molecule has 0 atom stereocenters. The molecule has 1 aliphatic heterocycles. The highest BCUT2D eigenvalue weighted by atomic mass is 16.6. The van der Waals surface area contributed by atoms with E-state index in [0.29, 0.717) is 49.3 Å². The Labute approximate surface area is 178 Å². The van der Waals surface area contributed by atoms with Crippen molar-refractivity contribution in [2.75, 3.05) is 31.1 Å². The fourth-order valence-corrected chi connectivity index (χ4v) is 3.86. The molecule has 0 bridgehead atoms. The highest BCUT2D eigenvalue weighted by Crippen LogP contribution is 2.21. The highest BCUT2D eigenvalue weighted by molar-refractivity contribution is 5.78. The van der Waals surface area contributed by atoms with Gasteiger partial charge in [0, 0.05) is 63.9 Å². The van der Waals surface area contributed by atoms with Gasteiger partial charge in [-0.1, -0.05) is 12.1 Å². The summed E-state index contributed by atoms with van der Waals surface area (Å²) in [6.45, 7) is 2.49. The Bertz CT molecular complexity index is 1180. The van der Waals surface area contributed by atoms with E-state index in [2.05, 4.69) is 9.88 Å². The fraction of sp³-hybridized carbons (Fsp3) is 0.318. The molecule has 4 rings (SSSR count). The first kappa shape index (κ1) is 20.5. The van der Waals surface area contributed by atoms with Crippen molar-refractivity contribution < 1.29 is 9.72 Å². The summed E-state index contributed by atoms with van der Waals surface area (Å²) < 4.78 is 1.52. The second kappa shape index (κ2) is 8.55. The molecule has 1 amide bonds. The minimum absolute atomic E-state index is 0.0331. The van der Waals surface area contributed by atoms with Gasteiger partial charge in [0.25, 0.3) is 11.2 Å². The highest BCUT2D eigenvalue weighted by Gasteiger charge is 2.22. The van der Waals surface area contributed by atoms with Crippen LogP contribution in [0.4, 0.5) is 11.4 Å². The third kappa shape index (κ3) is 4.25. The van der Waals surface area contributed by atoms with E-state index in [0.717, 1.165) is 5.69 Å². The molecule has 1 saturated heterocycles. The molecule has 1 aromatic heterocycles. The monoisotopic (exact) mass is 421 g/mol. The molecule has 0 saturated carbocycles. The molecule has 2 heterocycles. The van der Waals surface area contributed by atoms with E-state index in [4.69, 9.17) is 0 Å². The second-order valence-corrected chi connectivity index (χ2v) is 7.55. The van der Waals surface area contributed by atoms with Gasteiger partial charge in [0.1, 0.15) is 5.82 Å². The van der Waals surface area contributed by atoms with Crippen molar-refractivity contribution in [2.45, 2.75) is 12.8 Å². The van der Waals surface area contributed by atoms with Crippen LogP contribution in [0.25, 0.3) is 10.9 Å². The molecule has 1 fully saturated rings. The standard InChI is InChI=1S/C22H23N5O4/c1-24-20(23-19-5-3-2-4-18(19)22(24)29)10-11-21(28)26-14-12-25(13-15-26)16-6-8-17(9-7-16)27(30)31/h2-9H,10-15H2,1H3. The molecule has 0 unspecified atom stereocenters. The number of hydrogen-bond acceptors (Lipinski definition) is 6. The number of carbonyl (C=O) groups is 1. The zero-order valence-electron chi connectivity index (χ0n) is 17.2. The van der Waals surface area contributed by atoms with E-state index in [1.54, 1.807) is 31.3 Å². The normalized spacial score (nSPS) is 14.1. The molecule has 3 aromatic rings. The minimum atomic E-state index is -0.416. The summed E-state index contributed by atoms with van der Waals surface area (Å²) in [4.78, 5) is 44.1. The number of nitro groups is 1. The minimum Gasteiger partial charge on any atom is -0.368 e. The van der Waals surface area contributed by atoms with Gasteiger partial charge in [-0.2, -0.15) is 0 Å². The smallest absolute Gasteiger partial charge is 0.269 e. The Balaban J connectivity index is 1.35. The van der Waals surface area contributed by atoms with Gasteiger partial charge in [0.15, 0.2) is 0 Å². The molecule has 0 aliphatic carbocycles. The SMILES string of the molecule is Cn1c(CCC(=O)N2CCN(c3ccc([N+](=O)[O-])cc3)CC2)nc2ccccc2c1=O. The van der Waals surface area contributed by atoms with Crippen molar-refractivity contribution in [2.24, 2.45) is 7.05 Å². The first-order valence-corrected chi connectivity index (χ1v) is 10.2. The van der Waals surface area contributed by atoms with Gasteiger partial charge in [-0.05, 0) is 24.3 Å². The van der Waals surface area contributed by atoms with Crippen LogP contribution in [0.1, 0.15) is 12.2 Å². The summed E-state index contributed by atoms with van der Waals surface area (Å²) in [6, 6.07) is 13.7. The summed E-state index contributed by atoms with van der Waals surface area (Å²) in [7, 11) is 1.69. The summed E-state index contributed by atoms with van der Waals surface area (Å²) in [5, 5.41) is 11.4. The van der Waals surface area contributed by atoms with Crippen LogP contribution in [0.5, 0.6) is 0 Å². The largest absolute Gasteiger partial charge is 0.368 e. The van der Waals surface area contributed by atoms with Gasteiger partial charge < -0.3 is 9.80 Å². The van der Waals surface area contributed by atoms with Crippen LogP contribution >= 0.6 is 0 Å². The Morgan fingerprint density at radius 1 is 1.06 bits per heavy atom. The van der Waals surface area contributed by atoms with Gasteiger partial charge in [-0.3, -0.25) is 24.3 Å². The predicted molar refractivity (Wildman–Crippen MR) is 117 cm³/mol. The molecule has 1 aliphatic rings. The molecular formula is C22H23N5O4. The molecule has 160 valence electrons. The van der Waals surface area contributed by atoms with Crippen molar-refractivity contribution in [3.05, 3.63) is 74.8 Å². The van der Waals surface area contributed by atoms with Gasteiger partial charge in [0.2, 0.25) is 5.91 Å². The zero-order chi connectivity index (χ0) is 22.0. The topological polar surface area (TPSA) is 102 Å². The number of para-hydroxylation sites is 1. The van der Waals surface area contributed by atoms with E-state index in [-0.39, 0.29) is 23.6 Å². The van der Waals surface area contributed by atoms with E-state index in [9.17, 15) is 19.7 Å². The molecule has 9 heteroatoms. The van der Waals surface area contributed by atoms with Crippen LogP contribution in [0.3, 0.4) is 0 Å². The quantitative estimate of drug-likeness (QED) is 0.462. The van der Waals surface area contributed by atoms with Crippen LogP contribution in [0.2, 0.25) is 0 Å². The summed E-state index contributed by atoms with van der Waals surface area (Å²) in [5.41, 5.74) is 1.51. The van der Waals surface area contributed by atoms with Crippen LogP contribution in [0.15, 0.2) is 53.3 Å². The number of aromatic nitrogens is 2. The van der Waals surface area contributed by atoms with Crippen molar-refractivity contribution in [1.82, 2.24) is 14.5 Å². The van der Waals surface area contributed by atoms with Gasteiger partial charge in [0.05, 0.1) is 15.8 Å².